The SMILES string of the molecule is CC1CC(N)CCN1Cc1cccc2c1OC(C)(C)C2. The van der Waals surface area contributed by atoms with Gasteiger partial charge >= 0.3 is 0 Å². The molecule has 1 fully saturated rings. The molecule has 0 amide bonds. The maximum Gasteiger partial charge on any atom is 0.127 e. The molecule has 3 heteroatoms. The second-order valence-corrected chi connectivity index (χ2v) is 7.05. The predicted molar refractivity (Wildman–Crippen MR) is 81.9 cm³/mol. The Bertz CT molecular complexity index is 498. The number of benzene rings is 1. The minimum absolute atomic E-state index is 0.0612. The van der Waals surface area contributed by atoms with Gasteiger partial charge in [0.1, 0.15) is 11.4 Å². The molecule has 2 atom stereocenters. The van der Waals surface area contributed by atoms with E-state index in [4.69, 9.17) is 10.5 Å². The third kappa shape index (κ3) is 2.70. The van der Waals surface area contributed by atoms with Crippen LogP contribution in [-0.2, 0) is 13.0 Å². The summed E-state index contributed by atoms with van der Waals surface area (Å²) >= 11 is 0. The van der Waals surface area contributed by atoms with Gasteiger partial charge < -0.3 is 10.5 Å². The highest BCUT2D eigenvalue weighted by Gasteiger charge is 2.32. The molecule has 0 radical (unpaired) electrons. The Morgan fingerprint density at radius 3 is 2.95 bits per heavy atom. The molecule has 20 heavy (non-hydrogen) atoms. The molecule has 110 valence electrons. The van der Waals surface area contributed by atoms with Crippen molar-refractivity contribution in [3.63, 3.8) is 0 Å². The smallest absolute Gasteiger partial charge is 0.127 e. The largest absolute Gasteiger partial charge is 0.487 e. The van der Waals surface area contributed by atoms with Crippen LogP contribution in [-0.4, -0.2) is 29.1 Å². The van der Waals surface area contributed by atoms with E-state index in [-0.39, 0.29) is 5.60 Å². The van der Waals surface area contributed by atoms with E-state index in [1.165, 1.54) is 11.1 Å². The third-order valence-corrected chi connectivity index (χ3v) is 4.60. The van der Waals surface area contributed by atoms with Crippen molar-refractivity contribution in [3.05, 3.63) is 29.3 Å². The van der Waals surface area contributed by atoms with Crippen LogP contribution in [0.3, 0.4) is 0 Å². The average molecular weight is 274 g/mol. The Labute approximate surface area is 122 Å². The number of fused-ring (bicyclic) bond motifs is 1. The highest BCUT2D eigenvalue weighted by Crippen LogP contribution is 2.38. The summed E-state index contributed by atoms with van der Waals surface area (Å²) in [6.07, 6.45) is 3.21. The topological polar surface area (TPSA) is 38.5 Å². The number of nitrogens with two attached hydrogens (primary N) is 1. The number of likely N-dealkylation sites (tertiary alicyclic amines) is 1. The van der Waals surface area contributed by atoms with Crippen molar-refractivity contribution < 1.29 is 4.74 Å². The van der Waals surface area contributed by atoms with Crippen molar-refractivity contribution in [1.29, 1.82) is 0 Å². The van der Waals surface area contributed by atoms with Crippen LogP contribution in [0.1, 0.15) is 44.7 Å². The van der Waals surface area contributed by atoms with Gasteiger partial charge in [0.25, 0.3) is 0 Å². The normalized spacial score (nSPS) is 29.0. The van der Waals surface area contributed by atoms with Gasteiger partial charge in [0.15, 0.2) is 0 Å². The van der Waals surface area contributed by atoms with Gasteiger partial charge in [-0.3, -0.25) is 4.90 Å². The average Bonchev–Trinajstić information content (AvgIpc) is 2.67. The summed E-state index contributed by atoms with van der Waals surface area (Å²) < 4.78 is 6.17. The maximum absolute atomic E-state index is 6.17. The second kappa shape index (κ2) is 5.05. The van der Waals surface area contributed by atoms with Crippen LogP contribution in [0.4, 0.5) is 0 Å². The first-order valence-corrected chi connectivity index (χ1v) is 7.74. The zero-order valence-electron chi connectivity index (χ0n) is 12.9. The summed E-state index contributed by atoms with van der Waals surface area (Å²) in [5, 5.41) is 0. The van der Waals surface area contributed by atoms with Crippen molar-refractivity contribution in [2.45, 2.75) is 64.3 Å². The molecule has 0 aromatic heterocycles. The molecule has 0 bridgehead atoms. The monoisotopic (exact) mass is 274 g/mol. The number of rotatable bonds is 2. The van der Waals surface area contributed by atoms with Crippen LogP contribution in [0.2, 0.25) is 0 Å². The van der Waals surface area contributed by atoms with Crippen LogP contribution in [0.25, 0.3) is 0 Å². The lowest BCUT2D eigenvalue weighted by molar-refractivity contribution is 0.123. The Hall–Kier alpha value is -1.06. The van der Waals surface area contributed by atoms with E-state index in [1.54, 1.807) is 0 Å². The summed E-state index contributed by atoms with van der Waals surface area (Å²) in [6.45, 7) is 8.69. The van der Waals surface area contributed by atoms with Gasteiger partial charge in [-0.2, -0.15) is 0 Å². The van der Waals surface area contributed by atoms with Crippen LogP contribution in [0, 0.1) is 0 Å². The Kier molecular flexibility index (Phi) is 3.51. The number of piperidine rings is 1. The first kappa shape index (κ1) is 13.9. The molecule has 1 aromatic rings. The first-order valence-electron chi connectivity index (χ1n) is 7.74. The summed E-state index contributed by atoms with van der Waals surface area (Å²) in [6, 6.07) is 7.51. The molecular formula is C17H26N2O. The molecule has 2 N–H and O–H groups in total. The molecule has 3 nitrogen and oxygen atoms in total. The quantitative estimate of drug-likeness (QED) is 0.901. The molecule has 0 saturated carbocycles. The van der Waals surface area contributed by atoms with Gasteiger partial charge in [-0.05, 0) is 39.2 Å². The summed E-state index contributed by atoms with van der Waals surface area (Å²) in [5.41, 5.74) is 8.68. The molecule has 0 spiro atoms. The lowest BCUT2D eigenvalue weighted by Crippen LogP contribution is -2.45. The van der Waals surface area contributed by atoms with Crippen molar-refractivity contribution in [2.75, 3.05) is 6.54 Å². The fourth-order valence-corrected chi connectivity index (χ4v) is 3.51. The number of hydrogen-bond donors (Lipinski definition) is 1. The van der Waals surface area contributed by atoms with E-state index in [9.17, 15) is 0 Å². The van der Waals surface area contributed by atoms with Gasteiger partial charge in [0.2, 0.25) is 0 Å². The van der Waals surface area contributed by atoms with Gasteiger partial charge in [-0.15, -0.1) is 0 Å². The van der Waals surface area contributed by atoms with Crippen LogP contribution in [0.5, 0.6) is 5.75 Å². The van der Waals surface area contributed by atoms with Crippen molar-refractivity contribution >= 4 is 0 Å². The standard InChI is InChI=1S/C17H26N2O/c1-12-9-15(18)7-8-19(12)11-14-6-4-5-13-10-17(2,3)20-16(13)14/h4-6,12,15H,7-11,18H2,1-3H3. The van der Waals surface area contributed by atoms with Gasteiger partial charge in [0.05, 0.1) is 0 Å². The lowest BCUT2D eigenvalue weighted by atomic mass is 9.97. The fraction of sp³-hybridized carbons (Fsp3) is 0.647. The molecule has 1 aromatic carbocycles. The summed E-state index contributed by atoms with van der Waals surface area (Å²) in [5.74, 6) is 1.12. The highest BCUT2D eigenvalue weighted by atomic mass is 16.5. The number of hydrogen-bond acceptors (Lipinski definition) is 3. The Balaban J connectivity index is 1.78. The summed E-state index contributed by atoms with van der Waals surface area (Å²) in [7, 11) is 0. The van der Waals surface area contributed by atoms with Crippen molar-refractivity contribution in [3.8, 4) is 5.75 Å². The predicted octanol–water partition coefficient (Wildman–Crippen LogP) is 2.71. The van der Waals surface area contributed by atoms with Crippen molar-refractivity contribution in [2.24, 2.45) is 5.73 Å². The first-order chi connectivity index (χ1) is 9.44. The number of ether oxygens (including phenoxy) is 1. The van der Waals surface area contributed by atoms with E-state index < -0.39 is 0 Å². The maximum atomic E-state index is 6.17. The van der Waals surface area contributed by atoms with Gasteiger partial charge in [-0.1, -0.05) is 18.2 Å². The lowest BCUT2D eigenvalue weighted by Gasteiger charge is -2.36. The molecule has 2 unspecified atom stereocenters. The van der Waals surface area contributed by atoms with E-state index in [0.29, 0.717) is 12.1 Å². The molecular weight excluding hydrogens is 248 g/mol. The Morgan fingerprint density at radius 2 is 2.20 bits per heavy atom. The van der Waals surface area contributed by atoms with E-state index in [0.717, 1.165) is 38.1 Å². The van der Waals surface area contributed by atoms with Crippen LogP contribution in [0.15, 0.2) is 18.2 Å². The zero-order valence-corrected chi connectivity index (χ0v) is 12.9. The van der Waals surface area contributed by atoms with Crippen LogP contribution < -0.4 is 10.5 Å². The highest BCUT2D eigenvalue weighted by molar-refractivity contribution is 5.45. The van der Waals surface area contributed by atoms with Gasteiger partial charge in [-0.25, -0.2) is 0 Å². The second-order valence-electron chi connectivity index (χ2n) is 7.05. The number of para-hydroxylation sites is 1. The molecule has 2 heterocycles. The molecule has 0 aliphatic carbocycles. The summed E-state index contributed by atoms with van der Waals surface area (Å²) in [4.78, 5) is 2.54. The minimum atomic E-state index is -0.0612. The third-order valence-electron chi connectivity index (χ3n) is 4.60. The van der Waals surface area contributed by atoms with Gasteiger partial charge in [0, 0.05) is 37.2 Å². The molecule has 2 aliphatic rings. The van der Waals surface area contributed by atoms with Crippen molar-refractivity contribution in [1.82, 2.24) is 4.90 Å². The fourth-order valence-electron chi connectivity index (χ4n) is 3.51. The molecule has 3 rings (SSSR count). The minimum Gasteiger partial charge on any atom is -0.487 e. The van der Waals surface area contributed by atoms with Crippen LogP contribution >= 0.6 is 0 Å². The zero-order chi connectivity index (χ0) is 14.3. The molecule has 2 aliphatic heterocycles. The molecule has 1 saturated heterocycles. The Morgan fingerprint density at radius 1 is 1.40 bits per heavy atom. The van der Waals surface area contributed by atoms with E-state index in [2.05, 4.69) is 43.9 Å². The van der Waals surface area contributed by atoms with E-state index >= 15 is 0 Å². The number of nitrogens with zero attached hydrogens (tertiary/aromatic N) is 1. The van der Waals surface area contributed by atoms with E-state index in [1.807, 2.05) is 0 Å².